The molecule has 0 spiro atoms. The maximum absolute atomic E-state index is 9.15. The van der Waals surface area contributed by atoms with Crippen molar-refractivity contribution in [2.45, 2.75) is 9.79 Å². The lowest BCUT2D eigenvalue weighted by molar-refractivity contribution is 1.35. The number of halogens is 1. The van der Waals surface area contributed by atoms with E-state index in [1.54, 1.807) is 23.9 Å². The monoisotopic (exact) mass is 295 g/mol. The molecule has 0 N–H and O–H groups in total. The lowest BCUT2D eigenvalue weighted by atomic mass is 10.1. The Morgan fingerprint density at radius 2 is 1.70 bits per heavy atom. The third-order valence-electron chi connectivity index (χ3n) is 3.01. The van der Waals surface area contributed by atoms with Crippen LogP contribution < -0.4 is 0 Å². The Bertz CT molecular complexity index is 821. The Kier molecular flexibility index (Phi) is 3.64. The number of hydrogen-bond donors (Lipinski definition) is 0. The van der Waals surface area contributed by atoms with E-state index in [1.165, 1.54) is 10.8 Å². The summed E-state index contributed by atoms with van der Waals surface area (Å²) in [5, 5.41) is 12.2. The number of nitrogens with zero attached hydrogens (tertiary/aromatic N) is 1. The summed E-state index contributed by atoms with van der Waals surface area (Å²) in [6.07, 6.45) is 0. The van der Waals surface area contributed by atoms with Crippen LogP contribution in [0.4, 0.5) is 0 Å². The molecular formula is C17H10ClNS. The van der Waals surface area contributed by atoms with Gasteiger partial charge in [0.1, 0.15) is 6.07 Å². The van der Waals surface area contributed by atoms with E-state index in [0.29, 0.717) is 10.6 Å². The van der Waals surface area contributed by atoms with Gasteiger partial charge in [-0.15, -0.1) is 0 Å². The summed E-state index contributed by atoms with van der Waals surface area (Å²) >= 11 is 7.57. The molecular weight excluding hydrogens is 286 g/mol. The van der Waals surface area contributed by atoms with Crippen molar-refractivity contribution in [2.75, 3.05) is 0 Å². The molecule has 0 saturated carbocycles. The summed E-state index contributed by atoms with van der Waals surface area (Å²) in [6.45, 7) is 0. The number of hydrogen-bond acceptors (Lipinski definition) is 2. The molecule has 0 fully saturated rings. The van der Waals surface area contributed by atoms with Gasteiger partial charge in [-0.05, 0) is 41.1 Å². The molecule has 0 bridgehead atoms. The number of rotatable bonds is 2. The van der Waals surface area contributed by atoms with Gasteiger partial charge >= 0.3 is 0 Å². The summed E-state index contributed by atoms with van der Waals surface area (Å²) in [5.41, 5.74) is 0.646. The second-order valence-electron chi connectivity index (χ2n) is 4.36. The van der Waals surface area contributed by atoms with Gasteiger partial charge in [-0.3, -0.25) is 0 Å². The van der Waals surface area contributed by atoms with Crippen molar-refractivity contribution in [3.63, 3.8) is 0 Å². The number of fused-ring (bicyclic) bond motifs is 1. The van der Waals surface area contributed by atoms with Gasteiger partial charge in [-0.2, -0.15) is 5.26 Å². The van der Waals surface area contributed by atoms with Crippen LogP contribution in [0.1, 0.15) is 5.56 Å². The standard InChI is InChI=1S/C17H10ClNS/c18-15-7-5-14(11-19)17(10-15)20-16-8-6-12-3-1-2-4-13(12)9-16/h1-10H. The predicted octanol–water partition coefficient (Wildman–Crippen LogP) is 5.52. The predicted molar refractivity (Wildman–Crippen MR) is 84.2 cm³/mol. The van der Waals surface area contributed by atoms with Crippen LogP contribution in [-0.4, -0.2) is 0 Å². The third-order valence-corrected chi connectivity index (χ3v) is 4.30. The van der Waals surface area contributed by atoms with Crippen LogP contribution in [0.3, 0.4) is 0 Å². The topological polar surface area (TPSA) is 23.8 Å². The lowest BCUT2D eigenvalue weighted by Gasteiger charge is -2.06. The summed E-state index contributed by atoms with van der Waals surface area (Å²) in [4.78, 5) is 1.98. The zero-order chi connectivity index (χ0) is 13.9. The zero-order valence-corrected chi connectivity index (χ0v) is 12.1. The van der Waals surface area contributed by atoms with Crippen molar-refractivity contribution >= 4 is 34.1 Å². The Hall–Kier alpha value is -1.95. The van der Waals surface area contributed by atoms with E-state index in [9.17, 15) is 0 Å². The average molecular weight is 296 g/mol. The quantitative estimate of drug-likeness (QED) is 0.622. The minimum Gasteiger partial charge on any atom is -0.192 e. The molecule has 0 unspecified atom stereocenters. The van der Waals surface area contributed by atoms with E-state index in [-0.39, 0.29) is 0 Å². The van der Waals surface area contributed by atoms with Crippen LogP contribution in [0.15, 0.2) is 70.5 Å². The fourth-order valence-corrected chi connectivity index (χ4v) is 3.25. The van der Waals surface area contributed by atoms with Crippen LogP contribution in [0, 0.1) is 11.3 Å². The highest BCUT2D eigenvalue weighted by atomic mass is 35.5. The zero-order valence-electron chi connectivity index (χ0n) is 10.5. The molecule has 0 atom stereocenters. The first-order valence-electron chi connectivity index (χ1n) is 6.12. The maximum atomic E-state index is 9.15. The smallest absolute Gasteiger partial charge is 0.100 e. The molecule has 0 radical (unpaired) electrons. The van der Waals surface area contributed by atoms with Crippen LogP contribution in [-0.2, 0) is 0 Å². The van der Waals surface area contributed by atoms with Crippen molar-refractivity contribution < 1.29 is 0 Å². The summed E-state index contributed by atoms with van der Waals surface area (Å²) < 4.78 is 0. The van der Waals surface area contributed by atoms with E-state index >= 15 is 0 Å². The molecule has 3 rings (SSSR count). The highest BCUT2D eigenvalue weighted by Crippen LogP contribution is 2.33. The number of nitriles is 1. The Labute approximate surface area is 126 Å². The molecule has 0 aliphatic carbocycles. The minimum absolute atomic E-state index is 0.646. The van der Waals surface area contributed by atoms with Gasteiger partial charge in [0, 0.05) is 14.8 Å². The highest BCUT2D eigenvalue weighted by molar-refractivity contribution is 7.99. The van der Waals surface area contributed by atoms with Gasteiger partial charge in [0.05, 0.1) is 5.56 Å². The molecule has 0 aliphatic heterocycles. The van der Waals surface area contributed by atoms with Crippen molar-refractivity contribution in [1.82, 2.24) is 0 Å². The SMILES string of the molecule is N#Cc1ccc(Cl)cc1Sc1ccc2ccccc2c1. The largest absolute Gasteiger partial charge is 0.192 e. The van der Waals surface area contributed by atoms with Crippen LogP contribution in [0.5, 0.6) is 0 Å². The Morgan fingerprint density at radius 3 is 2.50 bits per heavy atom. The van der Waals surface area contributed by atoms with Crippen molar-refractivity contribution in [3.05, 3.63) is 71.2 Å². The number of benzene rings is 3. The molecule has 3 aromatic carbocycles. The van der Waals surface area contributed by atoms with Gasteiger partial charge in [0.15, 0.2) is 0 Å². The molecule has 0 heterocycles. The highest BCUT2D eigenvalue weighted by Gasteiger charge is 2.06. The molecule has 20 heavy (non-hydrogen) atoms. The first kappa shape index (κ1) is 13.1. The molecule has 3 heteroatoms. The third kappa shape index (κ3) is 2.65. The maximum Gasteiger partial charge on any atom is 0.100 e. The molecule has 0 aromatic heterocycles. The van der Waals surface area contributed by atoms with E-state index in [2.05, 4.69) is 36.4 Å². The average Bonchev–Trinajstić information content (AvgIpc) is 2.47. The van der Waals surface area contributed by atoms with Gasteiger partial charge in [-0.1, -0.05) is 53.7 Å². The lowest BCUT2D eigenvalue weighted by Crippen LogP contribution is -1.82. The molecule has 1 nitrogen and oxygen atoms in total. The van der Waals surface area contributed by atoms with E-state index in [4.69, 9.17) is 16.9 Å². The van der Waals surface area contributed by atoms with Gasteiger partial charge in [-0.25, -0.2) is 0 Å². The van der Waals surface area contributed by atoms with Crippen molar-refractivity contribution in [2.24, 2.45) is 0 Å². The molecule has 0 amide bonds. The van der Waals surface area contributed by atoms with E-state index in [0.717, 1.165) is 9.79 Å². The molecule has 0 aliphatic rings. The molecule has 0 saturated heterocycles. The first-order chi connectivity index (χ1) is 9.76. The second-order valence-corrected chi connectivity index (χ2v) is 5.92. The fourth-order valence-electron chi connectivity index (χ4n) is 2.03. The van der Waals surface area contributed by atoms with Crippen LogP contribution in [0.25, 0.3) is 10.8 Å². The summed E-state index contributed by atoms with van der Waals surface area (Å²) in [6, 6.07) is 22.0. The van der Waals surface area contributed by atoms with E-state index < -0.39 is 0 Å². The molecule has 3 aromatic rings. The second kappa shape index (κ2) is 5.58. The summed E-state index contributed by atoms with van der Waals surface area (Å²) in [7, 11) is 0. The van der Waals surface area contributed by atoms with Crippen molar-refractivity contribution in [1.29, 1.82) is 5.26 Å². The van der Waals surface area contributed by atoms with Crippen molar-refractivity contribution in [3.8, 4) is 6.07 Å². The first-order valence-corrected chi connectivity index (χ1v) is 7.32. The van der Waals surface area contributed by atoms with Gasteiger partial charge in [0.2, 0.25) is 0 Å². The van der Waals surface area contributed by atoms with Gasteiger partial charge in [0.25, 0.3) is 0 Å². The van der Waals surface area contributed by atoms with E-state index in [1.807, 2.05) is 18.2 Å². The van der Waals surface area contributed by atoms with Gasteiger partial charge < -0.3 is 0 Å². The Balaban J connectivity index is 2.01. The normalized spacial score (nSPS) is 10.4. The fraction of sp³-hybridized carbons (Fsp3) is 0. The van der Waals surface area contributed by atoms with Crippen LogP contribution in [0.2, 0.25) is 5.02 Å². The van der Waals surface area contributed by atoms with Crippen LogP contribution >= 0.6 is 23.4 Å². The Morgan fingerprint density at radius 1 is 0.900 bits per heavy atom. The summed E-state index contributed by atoms with van der Waals surface area (Å²) in [5.74, 6) is 0. The molecule has 96 valence electrons. The minimum atomic E-state index is 0.646.